The van der Waals surface area contributed by atoms with E-state index in [9.17, 15) is 4.39 Å². The number of fused-ring (bicyclic) bond motifs is 1. The first-order chi connectivity index (χ1) is 9.79. The maximum atomic E-state index is 12.3. The second-order valence-corrected chi connectivity index (χ2v) is 5.21. The van der Waals surface area contributed by atoms with Crippen LogP contribution < -0.4 is 4.74 Å². The Hall–Kier alpha value is -1.77. The van der Waals surface area contributed by atoms with Crippen molar-refractivity contribution in [2.24, 2.45) is 0 Å². The molecular formula is C13H10FIN4O. The Balaban J connectivity index is 2.22. The van der Waals surface area contributed by atoms with Crippen LogP contribution in [0.15, 0.2) is 36.8 Å². The van der Waals surface area contributed by atoms with Crippen LogP contribution in [-0.2, 0) is 0 Å². The Morgan fingerprint density at radius 2 is 2.20 bits per heavy atom. The van der Waals surface area contributed by atoms with Gasteiger partial charge in [0.1, 0.15) is 25.4 Å². The average Bonchev–Trinajstić information content (AvgIpc) is 2.83. The molecule has 0 bridgehead atoms. The summed E-state index contributed by atoms with van der Waals surface area (Å²) < 4.78 is 20.6. The lowest BCUT2D eigenvalue weighted by atomic mass is 10.3. The lowest BCUT2D eigenvalue weighted by molar-refractivity contribution is 0.252. The molecule has 0 aliphatic heterocycles. The largest absolute Gasteiger partial charge is 0.462 e. The molecule has 0 atom stereocenters. The Kier molecular flexibility index (Phi) is 3.77. The first kappa shape index (κ1) is 13.2. The molecule has 20 heavy (non-hydrogen) atoms. The van der Waals surface area contributed by atoms with Gasteiger partial charge in [-0.2, -0.15) is 4.98 Å². The molecule has 0 aliphatic carbocycles. The predicted molar refractivity (Wildman–Crippen MR) is 80.8 cm³/mol. The van der Waals surface area contributed by atoms with Crippen molar-refractivity contribution < 1.29 is 9.13 Å². The minimum absolute atomic E-state index is 0.0362. The van der Waals surface area contributed by atoms with Crippen LogP contribution in [0.2, 0.25) is 0 Å². The number of alkyl halides is 1. The molecule has 102 valence electrons. The molecule has 0 unspecified atom stereocenters. The summed E-state index contributed by atoms with van der Waals surface area (Å²) in [6.07, 6.45) is 3.09. The number of hydrogen-bond donors (Lipinski definition) is 0. The van der Waals surface area contributed by atoms with Crippen LogP contribution in [0, 0.1) is 3.57 Å². The van der Waals surface area contributed by atoms with E-state index in [1.54, 1.807) is 16.8 Å². The third kappa shape index (κ3) is 2.45. The second-order valence-electron chi connectivity index (χ2n) is 3.97. The van der Waals surface area contributed by atoms with E-state index in [4.69, 9.17) is 4.74 Å². The smallest absolute Gasteiger partial charge is 0.303 e. The lowest BCUT2D eigenvalue weighted by Crippen LogP contribution is -2.06. The topological polar surface area (TPSA) is 52.8 Å². The SMILES string of the molecule is FCCOc1nc2ccc(I)cc2n1-c1ccncn1. The van der Waals surface area contributed by atoms with Gasteiger partial charge in [0.15, 0.2) is 0 Å². The summed E-state index contributed by atoms with van der Waals surface area (Å²) in [6, 6.07) is 7.92. The highest BCUT2D eigenvalue weighted by Gasteiger charge is 2.14. The van der Waals surface area contributed by atoms with Crippen LogP contribution in [0.25, 0.3) is 16.9 Å². The maximum absolute atomic E-state index is 12.3. The van der Waals surface area contributed by atoms with Crippen molar-refractivity contribution >= 4 is 33.6 Å². The molecule has 2 aromatic heterocycles. The highest BCUT2D eigenvalue weighted by Crippen LogP contribution is 2.26. The molecule has 1 aromatic carbocycles. The molecule has 0 N–H and O–H groups in total. The van der Waals surface area contributed by atoms with Crippen molar-refractivity contribution in [2.75, 3.05) is 13.3 Å². The maximum Gasteiger partial charge on any atom is 0.303 e. The standard InChI is InChI=1S/C13H10FIN4O/c14-4-6-20-13-18-10-2-1-9(15)7-11(10)19(13)12-3-5-16-8-17-12/h1-3,5,7-8H,4,6H2. The summed E-state index contributed by atoms with van der Waals surface area (Å²) in [7, 11) is 0. The van der Waals surface area contributed by atoms with Crippen molar-refractivity contribution in [2.45, 2.75) is 0 Å². The molecule has 3 rings (SSSR count). The molecular weight excluding hydrogens is 374 g/mol. The fourth-order valence-corrected chi connectivity index (χ4v) is 2.37. The summed E-state index contributed by atoms with van der Waals surface area (Å²) in [6.45, 7) is -0.601. The zero-order valence-corrected chi connectivity index (χ0v) is 12.5. The molecule has 3 aromatic rings. The zero-order chi connectivity index (χ0) is 13.9. The van der Waals surface area contributed by atoms with Crippen LogP contribution in [0.1, 0.15) is 0 Å². The van der Waals surface area contributed by atoms with E-state index in [1.165, 1.54) is 6.33 Å². The highest BCUT2D eigenvalue weighted by molar-refractivity contribution is 14.1. The normalized spacial score (nSPS) is 10.9. The molecule has 0 spiro atoms. The Morgan fingerprint density at radius 3 is 2.95 bits per heavy atom. The Bertz CT molecular complexity index is 732. The van der Waals surface area contributed by atoms with Gasteiger partial charge in [0.2, 0.25) is 0 Å². The van der Waals surface area contributed by atoms with Gasteiger partial charge in [-0.3, -0.25) is 0 Å². The first-order valence-electron chi connectivity index (χ1n) is 5.93. The van der Waals surface area contributed by atoms with E-state index in [-0.39, 0.29) is 6.61 Å². The summed E-state index contributed by atoms with van der Waals surface area (Å²) >= 11 is 2.23. The number of rotatable bonds is 4. The van der Waals surface area contributed by atoms with E-state index in [1.807, 2.05) is 18.2 Å². The molecule has 0 aliphatic rings. The van der Waals surface area contributed by atoms with Crippen LogP contribution in [0.4, 0.5) is 4.39 Å². The van der Waals surface area contributed by atoms with Crippen molar-refractivity contribution in [1.82, 2.24) is 19.5 Å². The fraction of sp³-hybridized carbons (Fsp3) is 0.154. The van der Waals surface area contributed by atoms with E-state index in [0.717, 1.165) is 14.6 Å². The molecule has 7 heteroatoms. The van der Waals surface area contributed by atoms with E-state index in [2.05, 4.69) is 37.5 Å². The number of imidazole rings is 1. The fourth-order valence-electron chi connectivity index (χ4n) is 1.89. The number of halogens is 2. The van der Waals surface area contributed by atoms with E-state index >= 15 is 0 Å². The van der Waals surface area contributed by atoms with Gasteiger partial charge >= 0.3 is 6.01 Å². The van der Waals surface area contributed by atoms with Gasteiger partial charge in [0.05, 0.1) is 11.0 Å². The molecule has 0 radical (unpaired) electrons. The third-order valence-electron chi connectivity index (χ3n) is 2.69. The molecule has 0 amide bonds. The Labute approximate surface area is 128 Å². The van der Waals surface area contributed by atoms with Crippen LogP contribution in [0.3, 0.4) is 0 Å². The van der Waals surface area contributed by atoms with Crippen LogP contribution >= 0.6 is 22.6 Å². The highest BCUT2D eigenvalue weighted by atomic mass is 127. The van der Waals surface area contributed by atoms with Gasteiger partial charge in [0, 0.05) is 9.77 Å². The van der Waals surface area contributed by atoms with Crippen molar-refractivity contribution in [1.29, 1.82) is 0 Å². The van der Waals surface area contributed by atoms with E-state index in [0.29, 0.717) is 11.8 Å². The van der Waals surface area contributed by atoms with Crippen LogP contribution in [-0.4, -0.2) is 32.8 Å². The third-order valence-corrected chi connectivity index (χ3v) is 3.36. The van der Waals surface area contributed by atoms with Crippen molar-refractivity contribution in [3.05, 3.63) is 40.4 Å². The summed E-state index contributed by atoms with van der Waals surface area (Å²) in [4.78, 5) is 12.5. The molecule has 5 nitrogen and oxygen atoms in total. The number of nitrogens with zero attached hydrogens (tertiary/aromatic N) is 4. The number of ether oxygens (including phenoxy) is 1. The zero-order valence-electron chi connectivity index (χ0n) is 10.3. The molecule has 0 saturated carbocycles. The molecule has 0 saturated heterocycles. The monoisotopic (exact) mass is 384 g/mol. The minimum Gasteiger partial charge on any atom is -0.462 e. The average molecular weight is 384 g/mol. The van der Waals surface area contributed by atoms with Gasteiger partial charge in [0.25, 0.3) is 0 Å². The minimum atomic E-state index is -0.565. The number of aromatic nitrogens is 4. The molecule has 2 heterocycles. The van der Waals surface area contributed by atoms with Gasteiger partial charge in [-0.25, -0.2) is 18.9 Å². The second kappa shape index (κ2) is 5.70. The molecule has 0 fully saturated rings. The first-order valence-corrected chi connectivity index (χ1v) is 7.00. The van der Waals surface area contributed by atoms with Crippen molar-refractivity contribution in [3.63, 3.8) is 0 Å². The summed E-state index contributed by atoms with van der Waals surface area (Å²) in [5.74, 6) is 0.637. The van der Waals surface area contributed by atoms with E-state index < -0.39 is 6.67 Å². The Morgan fingerprint density at radius 1 is 1.30 bits per heavy atom. The predicted octanol–water partition coefficient (Wildman–Crippen LogP) is 2.77. The van der Waals surface area contributed by atoms with Crippen molar-refractivity contribution in [3.8, 4) is 11.8 Å². The number of benzene rings is 1. The summed E-state index contributed by atoms with van der Waals surface area (Å²) in [5.41, 5.74) is 1.64. The van der Waals surface area contributed by atoms with Crippen LogP contribution in [0.5, 0.6) is 6.01 Å². The number of hydrogen-bond acceptors (Lipinski definition) is 4. The van der Waals surface area contributed by atoms with Gasteiger partial charge in [-0.15, -0.1) is 0 Å². The van der Waals surface area contributed by atoms with Gasteiger partial charge in [-0.05, 0) is 46.9 Å². The quantitative estimate of drug-likeness (QED) is 0.650. The van der Waals surface area contributed by atoms with Gasteiger partial charge < -0.3 is 4.74 Å². The lowest BCUT2D eigenvalue weighted by Gasteiger charge is -2.07. The van der Waals surface area contributed by atoms with Gasteiger partial charge in [-0.1, -0.05) is 0 Å². The summed E-state index contributed by atoms with van der Waals surface area (Å²) in [5, 5.41) is 0.